The van der Waals surface area contributed by atoms with Crippen molar-refractivity contribution in [1.82, 2.24) is 4.57 Å². The predicted octanol–water partition coefficient (Wildman–Crippen LogP) is 9.92. The molecule has 4 heteroatoms. The lowest BCUT2D eigenvalue weighted by Gasteiger charge is -2.42. The minimum absolute atomic E-state index is 0.283. The molecular formula is C42H30N4. The molecule has 8 rings (SSSR count). The van der Waals surface area contributed by atoms with Crippen LogP contribution in [-0.2, 0) is 5.41 Å². The maximum atomic E-state index is 10.7. The van der Waals surface area contributed by atoms with E-state index in [4.69, 9.17) is 0 Å². The van der Waals surface area contributed by atoms with E-state index in [1.165, 1.54) is 5.56 Å². The van der Waals surface area contributed by atoms with Crippen molar-refractivity contribution in [2.24, 2.45) is 0 Å². The van der Waals surface area contributed by atoms with Crippen LogP contribution in [0.1, 0.15) is 49.8 Å². The molecular weight excluding hydrogens is 560 g/mol. The van der Waals surface area contributed by atoms with Crippen LogP contribution >= 0.6 is 0 Å². The monoisotopic (exact) mass is 590 g/mol. The first kappa shape index (κ1) is 27.5. The zero-order valence-corrected chi connectivity index (χ0v) is 25.8. The van der Waals surface area contributed by atoms with Crippen LogP contribution in [0, 0.1) is 34.5 Å². The first-order valence-electron chi connectivity index (χ1n) is 15.7. The lowest BCUT2D eigenvalue weighted by atomic mass is 9.72. The molecule has 0 unspecified atom stereocenters. The molecule has 0 atom stereocenters. The van der Waals surface area contributed by atoms with Gasteiger partial charge in [-0.15, -0.1) is 0 Å². The van der Waals surface area contributed by atoms with Crippen molar-refractivity contribution in [2.45, 2.75) is 38.5 Å². The number of aromatic nitrogens is 1. The summed E-state index contributed by atoms with van der Waals surface area (Å²) in [5.74, 6) is 6.87. The molecule has 5 aromatic rings. The molecule has 2 heterocycles. The minimum Gasteiger partial charge on any atom is -0.308 e. The van der Waals surface area contributed by atoms with E-state index in [0.717, 1.165) is 74.1 Å². The molecule has 0 fully saturated rings. The molecule has 1 aromatic heterocycles. The average Bonchev–Trinajstić information content (AvgIpc) is 3.22. The maximum Gasteiger partial charge on any atom is 0.101 e. The summed E-state index contributed by atoms with van der Waals surface area (Å²) < 4.78 is 2.25. The van der Waals surface area contributed by atoms with Gasteiger partial charge in [0.2, 0.25) is 0 Å². The Morgan fingerprint density at radius 1 is 0.804 bits per heavy atom. The van der Waals surface area contributed by atoms with Crippen LogP contribution in [0.5, 0.6) is 0 Å². The summed E-state index contributed by atoms with van der Waals surface area (Å²) in [6.07, 6.45) is 8.50. The van der Waals surface area contributed by atoms with Crippen molar-refractivity contribution in [3.63, 3.8) is 0 Å². The Morgan fingerprint density at radius 3 is 2.26 bits per heavy atom. The molecule has 3 aliphatic rings. The van der Waals surface area contributed by atoms with E-state index < -0.39 is 0 Å². The van der Waals surface area contributed by atoms with Crippen LogP contribution in [0.15, 0.2) is 126 Å². The van der Waals surface area contributed by atoms with Gasteiger partial charge in [-0.05, 0) is 59.7 Å². The Kier molecular flexibility index (Phi) is 6.32. The normalized spacial score (nSPS) is 16.6. The Balaban J connectivity index is 1.51. The molecule has 0 saturated carbocycles. The second kappa shape index (κ2) is 10.6. The average molecular weight is 591 g/mol. The minimum atomic E-state index is -0.283. The number of hydrogen-bond acceptors (Lipinski definition) is 3. The Labute approximate surface area is 269 Å². The SMILES string of the molecule is CC1(C)C2=C(C#CCC=C2)N(c2c(C#N)cccc2C2=C(n3c4ccccc4c4ccccc43)C(C#N)=CCC2)c2ccccc21. The molecule has 0 amide bonds. The number of nitrogens with zero attached hydrogens (tertiary/aromatic N) is 4. The third kappa shape index (κ3) is 3.93. The third-order valence-corrected chi connectivity index (χ3v) is 9.59. The molecule has 0 radical (unpaired) electrons. The summed E-state index contributed by atoms with van der Waals surface area (Å²) in [4.78, 5) is 2.22. The van der Waals surface area contributed by atoms with Gasteiger partial charge in [-0.3, -0.25) is 0 Å². The highest BCUT2D eigenvalue weighted by Gasteiger charge is 2.39. The molecule has 2 aliphatic carbocycles. The van der Waals surface area contributed by atoms with Gasteiger partial charge in [-0.2, -0.15) is 10.5 Å². The van der Waals surface area contributed by atoms with Crippen LogP contribution in [0.2, 0.25) is 0 Å². The molecule has 1 aliphatic heterocycles. The number of anilines is 2. The first-order chi connectivity index (χ1) is 22.5. The van der Waals surface area contributed by atoms with Gasteiger partial charge in [0.05, 0.1) is 39.2 Å². The Bertz CT molecular complexity index is 2350. The molecule has 0 bridgehead atoms. The highest BCUT2D eigenvalue weighted by Crippen LogP contribution is 2.52. The zero-order chi connectivity index (χ0) is 31.4. The molecule has 0 spiro atoms. The predicted molar refractivity (Wildman–Crippen MR) is 187 cm³/mol. The molecule has 0 N–H and O–H groups in total. The second-order valence-corrected chi connectivity index (χ2v) is 12.4. The van der Waals surface area contributed by atoms with Gasteiger partial charge in [0.25, 0.3) is 0 Å². The van der Waals surface area contributed by atoms with Gasteiger partial charge >= 0.3 is 0 Å². The molecule has 4 aromatic carbocycles. The lowest BCUT2D eigenvalue weighted by molar-refractivity contribution is 0.622. The standard InChI is InChI=1S/C42H30N4/c1-42(2)34-20-4-3-5-24-38(34)46(39-25-11-8-21-35(39)42)41-29(27-44)15-13-19-33(41)32-18-12-14-28(26-43)40(32)45-36-22-9-6-16-30(36)31-17-7-10-23-37(31)45/h4,6-11,13-17,19-23,25H,3,12,18H2,1-2H3. The van der Waals surface area contributed by atoms with Gasteiger partial charge in [0.1, 0.15) is 17.8 Å². The van der Waals surface area contributed by atoms with Crippen LogP contribution in [0.25, 0.3) is 33.1 Å². The van der Waals surface area contributed by atoms with Crippen LogP contribution in [-0.4, -0.2) is 4.57 Å². The maximum absolute atomic E-state index is 10.7. The molecule has 218 valence electrons. The van der Waals surface area contributed by atoms with Gasteiger partial charge in [0, 0.05) is 28.2 Å². The number of allylic oxidation sites excluding steroid dienone is 8. The molecule has 4 nitrogen and oxygen atoms in total. The molecule has 0 saturated heterocycles. The van der Waals surface area contributed by atoms with E-state index >= 15 is 0 Å². The van der Waals surface area contributed by atoms with Gasteiger partial charge < -0.3 is 9.47 Å². The van der Waals surface area contributed by atoms with Crippen molar-refractivity contribution in [3.8, 4) is 24.0 Å². The fourth-order valence-electron chi connectivity index (χ4n) is 7.53. The number of benzene rings is 4. The fourth-order valence-corrected chi connectivity index (χ4v) is 7.53. The van der Waals surface area contributed by atoms with Crippen molar-refractivity contribution >= 4 is 44.5 Å². The van der Waals surface area contributed by atoms with Crippen molar-refractivity contribution < 1.29 is 0 Å². The van der Waals surface area contributed by atoms with E-state index in [-0.39, 0.29) is 5.41 Å². The largest absolute Gasteiger partial charge is 0.308 e. The number of rotatable bonds is 3. The second-order valence-electron chi connectivity index (χ2n) is 12.4. The van der Waals surface area contributed by atoms with E-state index in [2.05, 4.69) is 144 Å². The zero-order valence-electron chi connectivity index (χ0n) is 25.8. The van der Waals surface area contributed by atoms with Crippen LogP contribution in [0.3, 0.4) is 0 Å². The van der Waals surface area contributed by atoms with Gasteiger partial charge in [-0.25, -0.2) is 0 Å². The summed E-state index contributed by atoms with van der Waals surface area (Å²) >= 11 is 0. The van der Waals surface area contributed by atoms with Gasteiger partial charge in [-0.1, -0.05) is 105 Å². The Hall–Kier alpha value is -6.02. The van der Waals surface area contributed by atoms with Gasteiger partial charge in [0.15, 0.2) is 0 Å². The third-order valence-electron chi connectivity index (χ3n) is 9.59. The summed E-state index contributed by atoms with van der Waals surface area (Å²) in [5, 5.41) is 23.6. The Morgan fingerprint density at radius 2 is 1.52 bits per heavy atom. The number of para-hydroxylation sites is 4. The smallest absolute Gasteiger partial charge is 0.101 e. The van der Waals surface area contributed by atoms with Crippen molar-refractivity contribution in [1.29, 1.82) is 10.5 Å². The van der Waals surface area contributed by atoms with Crippen LogP contribution < -0.4 is 4.90 Å². The van der Waals surface area contributed by atoms with E-state index in [0.29, 0.717) is 17.6 Å². The lowest BCUT2D eigenvalue weighted by Crippen LogP contribution is -2.34. The molecule has 46 heavy (non-hydrogen) atoms. The quantitative estimate of drug-likeness (QED) is 0.197. The highest BCUT2D eigenvalue weighted by molar-refractivity contribution is 6.13. The number of nitriles is 2. The first-order valence-corrected chi connectivity index (χ1v) is 15.7. The van der Waals surface area contributed by atoms with E-state index in [9.17, 15) is 10.5 Å². The summed E-state index contributed by atoms with van der Waals surface area (Å²) in [6.45, 7) is 4.50. The summed E-state index contributed by atoms with van der Waals surface area (Å²) in [5.41, 5.74) is 10.9. The van der Waals surface area contributed by atoms with Crippen LogP contribution in [0.4, 0.5) is 11.4 Å². The van der Waals surface area contributed by atoms with Crippen molar-refractivity contribution in [2.75, 3.05) is 4.90 Å². The summed E-state index contributed by atoms with van der Waals surface area (Å²) in [7, 11) is 0. The number of hydrogen-bond donors (Lipinski definition) is 0. The highest BCUT2D eigenvalue weighted by atomic mass is 15.2. The van der Waals surface area contributed by atoms with Crippen molar-refractivity contribution in [3.05, 3.63) is 143 Å². The van der Waals surface area contributed by atoms with E-state index in [1.54, 1.807) is 0 Å². The number of fused-ring (bicyclic) bond motifs is 4. The topological polar surface area (TPSA) is 55.8 Å². The summed E-state index contributed by atoms with van der Waals surface area (Å²) in [6, 6.07) is 36.3. The van der Waals surface area contributed by atoms with E-state index in [1.807, 2.05) is 12.1 Å². The fraction of sp³-hybridized carbons (Fsp3) is 0.143.